The van der Waals surface area contributed by atoms with Gasteiger partial charge in [0.25, 0.3) is 5.91 Å². The van der Waals surface area contributed by atoms with Gasteiger partial charge >= 0.3 is 0 Å². The third-order valence-electron chi connectivity index (χ3n) is 7.69. The van der Waals surface area contributed by atoms with E-state index in [1.807, 2.05) is 42.5 Å². The van der Waals surface area contributed by atoms with Crippen LogP contribution < -0.4 is 5.32 Å². The van der Waals surface area contributed by atoms with Crippen LogP contribution in [0.4, 0.5) is 10.1 Å². The highest BCUT2D eigenvalue weighted by Crippen LogP contribution is 2.41. The van der Waals surface area contributed by atoms with E-state index in [-0.39, 0.29) is 23.5 Å². The van der Waals surface area contributed by atoms with Crippen molar-refractivity contribution in [2.45, 2.75) is 51.1 Å². The fourth-order valence-electron chi connectivity index (χ4n) is 5.89. The standard InChI is InChI=1S/C28H27FN6O2/c1-17-31-32-33-35(17)25-16-22(12-13-23(25)29)30-27(36)26-15-20-8-4-5-9-24(20)34(26)28(37)21-11-10-18-6-2-3-7-19(18)14-21/h2-3,6-7,10-14,16,20,24,26H,4-5,8-9,15H2,1H3,(H,30,36)/t20-,24-,26-/m0/s1. The number of aryl methyl sites for hydroxylation is 1. The van der Waals surface area contributed by atoms with E-state index in [1.54, 1.807) is 11.8 Å². The Kier molecular flexibility index (Phi) is 5.90. The molecule has 1 aliphatic heterocycles. The minimum atomic E-state index is -0.602. The van der Waals surface area contributed by atoms with Crippen LogP contribution in [0.1, 0.15) is 48.3 Å². The summed E-state index contributed by atoms with van der Waals surface area (Å²) in [6, 6.07) is 17.4. The van der Waals surface area contributed by atoms with Gasteiger partial charge in [0.15, 0.2) is 5.82 Å². The van der Waals surface area contributed by atoms with E-state index >= 15 is 0 Å². The summed E-state index contributed by atoms with van der Waals surface area (Å²) in [5, 5.41) is 16.2. The number of fused-ring (bicyclic) bond motifs is 2. The van der Waals surface area contributed by atoms with Crippen molar-refractivity contribution in [3.63, 3.8) is 0 Å². The number of carbonyl (C=O) groups is 2. The van der Waals surface area contributed by atoms with Gasteiger partial charge in [-0.15, -0.1) is 5.10 Å². The quantitative estimate of drug-likeness (QED) is 0.441. The van der Waals surface area contributed by atoms with Crippen molar-refractivity contribution in [3.05, 3.63) is 77.9 Å². The number of benzene rings is 3. The molecular weight excluding hydrogens is 471 g/mol. The van der Waals surface area contributed by atoms with Crippen molar-refractivity contribution < 1.29 is 14.0 Å². The number of halogens is 1. The van der Waals surface area contributed by atoms with E-state index < -0.39 is 11.9 Å². The van der Waals surface area contributed by atoms with Gasteiger partial charge in [-0.25, -0.2) is 4.39 Å². The van der Waals surface area contributed by atoms with Crippen molar-refractivity contribution in [2.75, 3.05) is 5.32 Å². The first kappa shape index (κ1) is 23.3. The lowest BCUT2D eigenvalue weighted by molar-refractivity contribution is -0.120. The summed E-state index contributed by atoms with van der Waals surface area (Å²) in [4.78, 5) is 29.3. The number of carbonyl (C=O) groups excluding carboxylic acids is 2. The molecule has 9 heteroatoms. The van der Waals surface area contributed by atoms with Crippen molar-refractivity contribution in [1.82, 2.24) is 25.1 Å². The van der Waals surface area contributed by atoms with Gasteiger partial charge in [-0.05, 0) is 83.6 Å². The minimum Gasteiger partial charge on any atom is -0.324 e. The molecule has 1 aromatic heterocycles. The molecular formula is C28H27FN6O2. The predicted molar refractivity (Wildman–Crippen MR) is 137 cm³/mol. The Bertz CT molecular complexity index is 1500. The predicted octanol–water partition coefficient (Wildman–Crippen LogP) is 4.68. The molecule has 0 radical (unpaired) electrons. The maximum absolute atomic E-state index is 14.5. The van der Waals surface area contributed by atoms with Gasteiger partial charge < -0.3 is 10.2 Å². The summed E-state index contributed by atoms with van der Waals surface area (Å²) in [6.07, 6.45) is 4.68. The van der Waals surface area contributed by atoms with Gasteiger partial charge in [-0.3, -0.25) is 9.59 Å². The van der Waals surface area contributed by atoms with E-state index in [0.29, 0.717) is 29.4 Å². The molecule has 6 rings (SSSR count). The fourth-order valence-corrected chi connectivity index (χ4v) is 5.89. The summed E-state index contributed by atoms with van der Waals surface area (Å²) in [5.74, 6) is -0.177. The van der Waals surface area contributed by atoms with Crippen LogP contribution in [0.3, 0.4) is 0 Å². The Labute approximate surface area is 213 Å². The Hall–Kier alpha value is -4.14. The molecule has 1 saturated heterocycles. The number of nitrogens with one attached hydrogen (secondary N) is 1. The molecule has 2 heterocycles. The first-order chi connectivity index (χ1) is 18.0. The first-order valence-electron chi connectivity index (χ1n) is 12.7. The first-order valence-corrected chi connectivity index (χ1v) is 12.7. The molecule has 188 valence electrons. The second-order valence-electron chi connectivity index (χ2n) is 9.93. The molecule has 2 aliphatic rings. The molecule has 37 heavy (non-hydrogen) atoms. The average molecular weight is 499 g/mol. The third-order valence-corrected chi connectivity index (χ3v) is 7.69. The van der Waals surface area contributed by atoms with Crippen molar-refractivity contribution in [2.24, 2.45) is 5.92 Å². The van der Waals surface area contributed by atoms with Gasteiger partial charge in [0, 0.05) is 17.3 Å². The molecule has 2 fully saturated rings. The monoisotopic (exact) mass is 498 g/mol. The number of amides is 2. The number of tetrazole rings is 1. The van der Waals surface area contributed by atoms with Gasteiger partial charge in [-0.2, -0.15) is 4.68 Å². The fraction of sp³-hybridized carbons (Fsp3) is 0.321. The Morgan fingerprint density at radius 2 is 1.81 bits per heavy atom. The zero-order valence-electron chi connectivity index (χ0n) is 20.5. The molecule has 2 amide bonds. The second-order valence-corrected chi connectivity index (χ2v) is 9.93. The van der Waals surface area contributed by atoms with Crippen molar-refractivity contribution in [1.29, 1.82) is 0 Å². The minimum absolute atomic E-state index is 0.0381. The van der Waals surface area contributed by atoms with E-state index in [4.69, 9.17) is 0 Å². The van der Waals surface area contributed by atoms with Gasteiger partial charge in [0.05, 0.1) is 0 Å². The van der Waals surface area contributed by atoms with Crippen LogP contribution in [-0.4, -0.2) is 49.0 Å². The zero-order chi connectivity index (χ0) is 25.5. The van der Waals surface area contributed by atoms with E-state index in [9.17, 15) is 14.0 Å². The Balaban J connectivity index is 1.30. The number of likely N-dealkylation sites (tertiary alicyclic amines) is 1. The van der Waals surface area contributed by atoms with Crippen LogP contribution in [0.25, 0.3) is 16.5 Å². The van der Waals surface area contributed by atoms with E-state index in [2.05, 4.69) is 20.8 Å². The van der Waals surface area contributed by atoms with Gasteiger partial charge in [-0.1, -0.05) is 43.2 Å². The van der Waals surface area contributed by atoms with Crippen LogP contribution in [-0.2, 0) is 4.79 Å². The van der Waals surface area contributed by atoms with E-state index in [0.717, 1.165) is 36.5 Å². The lowest BCUT2D eigenvalue weighted by atomic mass is 9.84. The van der Waals surface area contributed by atoms with E-state index in [1.165, 1.54) is 22.9 Å². The summed E-state index contributed by atoms with van der Waals surface area (Å²) in [7, 11) is 0. The lowest BCUT2D eigenvalue weighted by Crippen LogP contribution is -2.47. The summed E-state index contributed by atoms with van der Waals surface area (Å²) < 4.78 is 15.8. The largest absolute Gasteiger partial charge is 0.324 e. The normalized spacial score (nSPS) is 21.1. The van der Waals surface area contributed by atoms with Crippen molar-refractivity contribution >= 4 is 28.3 Å². The van der Waals surface area contributed by atoms with Crippen LogP contribution >= 0.6 is 0 Å². The highest BCUT2D eigenvalue weighted by atomic mass is 19.1. The second kappa shape index (κ2) is 9.38. The Morgan fingerprint density at radius 1 is 1.00 bits per heavy atom. The van der Waals surface area contributed by atoms with Crippen LogP contribution in [0.5, 0.6) is 0 Å². The maximum Gasteiger partial charge on any atom is 0.254 e. The number of nitrogens with zero attached hydrogens (tertiary/aromatic N) is 5. The number of anilines is 1. The summed E-state index contributed by atoms with van der Waals surface area (Å²) in [6.45, 7) is 1.67. The average Bonchev–Trinajstić information content (AvgIpc) is 3.52. The number of hydrogen-bond donors (Lipinski definition) is 1. The highest BCUT2D eigenvalue weighted by Gasteiger charge is 2.47. The molecule has 1 saturated carbocycles. The Morgan fingerprint density at radius 3 is 2.62 bits per heavy atom. The summed E-state index contributed by atoms with van der Waals surface area (Å²) >= 11 is 0. The third kappa shape index (κ3) is 4.24. The molecule has 0 spiro atoms. The smallest absolute Gasteiger partial charge is 0.254 e. The topological polar surface area (TPSA) is 93.0 Å². The summed E-state index contributed by atoms with van der Waals surface area (Å²) in [5.41, 5.74) is 1.15. The molecule has 1 N–H and O–H groups in total. The van der Waals surface area contributed by atoms with Crippen LogP contribution in [0, 0.1) is 18.7 Å². The number of aromatic nitrogens is 4. The van der Waals surface area contributed by atoms with Gasteiger partial charge in [0.2, 0.25) is 5.91 Å². The lowest BCUT2D eigenvalue weighted by Gasteiger charge is -2.33. The molecule has 8 nitrogen and oxygen atoms in total. The molecule has 0 unspecified atom stereocenters. The van der Waals surface area contributed by atoms with Crippen molar-refractivity contribution in [3.8, 4) is 5.69 Å². The highest BCUT2D eigenvalue weighted by molar-refractivity contribution is 6.03. The molecule has 4 aromatic rings. The van der Waals surface area contributed by atoms with Crippen LogP contribution in [0.2, 0.25) is 0 Å². The SMILES string of the molecule is Cc1nnnn1-c1cc(NC(=O)[C@@H]2C[C@@H]3CCCC[C@@H]3N2C(=O)c2ccc3ccccc3c2)ccc1F. The molecule has 0 bridgehead atoms. The molecule has 1 aliphatic carbocycles. The molecule has 3 atom stereocenters. The number of rotatable bonds is 4. The van der Waals surface area contributed by atoms with Gasteiger partial charge in [0.1, 0.15) is 17.5 Å². The maximum atomic E-state index is 14.5. The molecule has 3 aromatic carbocycles. The van der Waals surface area contributed by atoms with Crippen LogP contribution in [0.15, 0.2) is 60.7 Å². The zero-order valence-corrected chi connectivity index (χ0v) is 20.5. The number of hydrogen-bond acceptors (Lipinski definition) is 5.